The number of primary amides is 1. The fraction of sp³-hybridized carbons (Fsp3) is 0.190. The first kappa shape index (κ1) is 19.8. The van der Waals surface area contributed by atoms with Crippen molar-refractivity contribution in [3.8, 4) is 17.2 Å². The zero-order chi connectivity index (χ0) is 21.3. The molecule has 154 valence electrons. The van der Waals surface area contributed by atoms with Crippen LogP contribution in [-0.2, 0) is 9.59 Å². The van der Waals surface area contributed by atoms with Crippen LogP contribution in [0.5, 0.6) is 11.5 Å². The minimum atomic E-state index is -0.580. The lowest BCUT2D eigenvalue weighted by atomic mass is 9.87. The van der Waals surface area contributed by atoms with Crippen LogP contribution in [-0.4, -0.2) is 35.3 Å². The summed E-state index contributed by atoms with van der Waals surface area (Å²) in [5.74, 6) is 0.526. The number of fused-ring (bicyclic) bond motifs is 1. The lowest BCUT2D eigenvalue weighted by molar-refractivity contribution is -0.120. The van der Waals surface area contributed by atoms with Crippen LogP contribution in [0.2, 0.25) is 5.02 Å². The topological polar surface area (TPSA) is 108 Å². The van der Waals surface area contributed by atoms with E-state index >= 15 is 0 Å². The van der Waals surface area contributed by atoms with Crippen LogP contribution >= 0.6 is 11.6 Å². The number of nitrogens with zero attached hydrogens (tertiary/aromatic N) is 2. The van der Waals surface area contributed by atoms with Gasteiger partial charge in [-0.05, 0) is 35.9 Å². The third kappa shape index (κ3) is 3.81. The molecule has 0 spiro atoms. The van der Waals surface area contributed by atoms with Crippen LogP contribution in [0.3, 0.4) is 0 Å². The first-order chi connectivity index (χ1) is 14.5. The molecule has 1 aliphatic heterocycles. The molecule has 1 atom stereocenters. The molecule has 0 unspecified atom stereocenters. The van der Waals surface area contributed by atoms with E-state index in [0.717, 1.165) is 16.8 Å². The number of carbonyl (C=O) groups is 2. The van der Waals surface area contributed by atoms with Crippen molar-refractivity contribution >= 4 is 29.2 Å². The largest absolute Gasteiger partial charge is 0.493 e. The van der Waals surface area contributed by atoms with Gasteiger partial charge < -0.3 is 20.5 Å². The molecular weight excluding hydrogens is 408 g/mol. The van der Waals surface area contributed by atoms with Gasteiger partial charge in [-0.25, -0.2) is 4.68 Å². The highest BCUT2D eigenvalue weighted by atomic mass is 35.5. The molecule has 0 bridgehead atoms. The summed E-state index contributed by atoms with van der Waals surface area (Å²) in [6, 6.07) is 12.6. The monoisotopic (exact) mass is 426 g/mol. The molecule has 1 aliphatic rings. The van der Waals surface area contributed by atoms with Gasteiger partial charge in [0, 0.05) is 22.9 Å². The van der Waals surface area contributed by atoms with E-state index < -0.39 is 5.91 Å². The van der Waals surface area contributed by atoms with Crippen molar-refractivity contribution in [2.45, 2.75) is 12.3 Å². The highest BCUT2D eigenvalue weighted by Crippen LogP contribution is 2.40. The van der Waals surface area contributed by atoms with Gasteiger partial charge >= 0.3 is 0 Å². The number of anilines is 1. The zero-order valence-electron chi connectivity index (χ0n) is 16.1. The molecule has 0 saturated heterocycles. The molecule has 8 nitrogen and oxygen atoms in total. The van der Waals surface area contributed by atoms with Crippen LogP contribution in [0.15, 0.2) is 48.7 Å². The second-order valence-electron chi connectivity index (χ2n) is 6.81. The molecule has 0 saturated carbocycles. The summed E-state index contributed by atoms with van der Waals surface area (Å²) in [7, 11) is 1.51. The van der Waals surface area contributed by atoms with Crippen LogP contribution in [0.4, 0.5) is 5.82 Å². The number of carbonyl (C=O) groups excluding carboxylic acids is 2. The SMILES string of the molecule is COc1cc([C@H]2CC(=O)Nc3c2cnn3-c2cccc(Cl)c2)ccc1OCC(N)=O. The molecule has 0 radical (unpaired) electrons. The lowest BCUT2D eigenvalue weighted by Gasteiger charge is -2.24. The Balaban J connectivity index is 1.72. The van der Waals surface area contributed by atoms with E-state index in [2.05, 4.69) is 10.4 Å². The number of hydrogen-bond acceptors (Lipinski definition) is 5. The number of methoxy groups -OCH3 is 1. The average molecular weight is 427 g/mol. The molecule has 3 aromatic rings. The third-order valence-electron chi connectivity index (χ3n) is 4.83. The third-order valence-corrected chi connectivity index (χ3v) is 5.07. The average Bonchev–Trinajstić information content (AvgIpc) is 3.15. The molecule has 0 fully saturated rings. The van der Waals surface area contributed by atoms with Crippen molar-refractivity contribution < 1.29 is 19.1 Å². The van der Waals surface area contributed by atoms with Gasteiger partial charge in [0.1, 0.15) is 5.82 Å². The van der Waals surface area contributed by atoms with Gasteiger partial charge in [0.25, 0.3) is 5.91 Å². The number of hydrogen-bond donors (Lipinski definition) is 2. The molecule has 0 aliphatic carbocycles. The number of nitrogens with two attached hydrogens (primary N) is 1. The van der Waals surface area contributed by atoms with Crippen molar-refractivity contribution in [1.29, 1.82) is 0 Å². The second-order valence-corrected chi connectivity index (χ2v) is 7.25. The maximum atomic E-state index is 12.5. The normalized spacial score (nSPS) is 15.3. The van der Waals surface area contributed by atoms with Gasteiger partial charge in [0.15, 0.2) is 18.1 Å². The molecule has 9 heteroatoms. The number of benzene rings is 2. The van der Waals surface area contributed by atoms with E-state index in [1.54, 1.807) is 35.1 Å². The first-order valence-corrected chi connectivity index (χ1v) is 9.57. The van der Waals surface area contributed by atoms with Crippen molar-refractivity contribution in [1.82, 2.24) is 9.78 Å². The van der Waals surface area contributed by atoms with Gasteiger partial charge in [0.05, 0.1) is 19.0 Å². The summed E-state index contributed by atoms with van der Waals surface area (Å²) in [6.45, 7) is -0.252. The Labute approximate surface area is 177 Å². The Bertz CT molecular complexity index is 1130. The van der Waals surface area contributed by atoms with Crippen LogP contribution in [0.1, 0.15) is 23.5 Å². The highest BCUT2D eigenvalue weighted by Gasteiger charge is 2.31. The molecule has 1 aromatic heterocycles. The number of halogens is 1. The summed E-state index contributed by atoms with van der Waals surface area (Å²) in [6.07, 6.45) is 2.00. The van der Waals surface area contributed by atoms with E-state index in [9.17, 15) is 9.59 Å². The van der Waals surface area contributed by atoms with E-state index in [1.807, 2.05) is 18.2 Å². The van der Waals surface area contributed by atoms with Crippen LogP contribution < -0.4 is 20.5 Å². The minimum absolute atomic E-state index is 0.121. The molecule has 3 N–H and O–H groups in total. The van der Waals surface area contributed by atoms with E-state index in [0.29, 0.717) is 22.3 Å². The summed E-state index contributed by atoms with van der Waals surface area (Å²) in [4.78, 5) is 23.5. The second kappa shape index (κ2) is 8.08. The predicted octanol–water partition coefficient (Wildman–Crippen LogP) is 2.87. The molecular formula is C21H19ClN4O4. The Morgan fingerprint density at radius 2 is 2.13 bits per heavy atom. The first-order valence-electron chi connectivity index (χ1n) is 9.19. The van der Waals surface area contributed by atoms with E-state index in [1.165, 1.54) is 7.11 Å². The standard InChI is InChI=1S/C21H19ClN4O4/c1-29-18-7-12(5-6-17(18)30-11-19(23)27)15-9-20(28)25-21-16(15)10-24-26(21)14-4-2-3-13(22)8-14/h2-8,10,15H,9,11H2,1H3,(H2,23,27)(H,25,28)/t15-/m1/s1. The summed E-state index contributed by atoms with van der Waals surface area (Å²) in [5, 5.41) is 7.95. The fourth-order valence-electron chi connectivity index (χ4n) is 3.49. The Hall–Kier alpha value is -3.52. The maximum absolute atomic E-state index is 12.5. The van der Waals surface area contributed by atoms with Gasteiger partial charge in [-0.1, -0.05) is 23.7 Å². The molecule has 2 heterocycles. The summed E-state index contributed by atoms with van der Waals surface area (Å²) >= 11 is 6.11. The minimum Gasteiger partial charge on any atom is -0.493 e. The molecule has 2 amide bonds. The molecule has 2 aromatic carbocycles. The van der Waals surface area contributed by atoms with Gasteiger partial charge in [-0.2, -0.15) is 5.10 Å². The molecule has 30 heavy (non-hydrogen) atoms. The quantitative estimate of drug-likeness (QED) is 0.630. The number of rotatable bonds is 6. The summed E-state index contributed by atoms with van der Waals surface area (Å²) in [5.41, 5.74) is 7.63. The van der Waals surface area contributed by atoms with Gasteiger partial charge in [-0.15, -0.1) is 0 Å². The van der Waals surface area contributed by atoms with Crippen molar-refractivity contribution in [3.05, 3.63) is 64.8 Å². The maximum Gasteiger partial charge on any atom is 0.255 e. The fourth-order valence-corrected chi connectivity index (χ4v) is 3.67. The van der Waals surface area contributed by atoms with Gasteiger partial charge in [-0.3, -0.25) is 9.59 Å². The Kier molecular flexibility index (Phi) is 5.33. The lowest BCUT2D eigenvalue weighted by Crippen LogP contribution is -2.24. The number of nitrogens with one attached hydrogen (secondary N) is 1. The highest BCUT2D eigenvalue weighted by molar-refractivity contribution is 6.30. The Morgan fingerprint density at radius 1 is 1.30 bits per heavy atom. The van der Waals surface area contributed by atoms with E-state index in [4.69, 9.17) is 26.8 Å². The van der Waals surface area contributed by atoms with Crippen LogP contribution in [0.25, 0.3) is 5.69 Å². The zero-order valence-corrected chi connectivity index (χ0v) is 16.8. The van der Waals surface area contributed by atoms with Gasteiger partial charge in [0.2, 0.25) is 5.91 Å². The molecule has 4 rings (SSSR count). The smallest absolute Gasteiger partial charge is 0.255 e. The summed E-state index contributed by atoms with van der Waals surface area (Å²) < 4.78 is 12.4. The predicted molar refractivity (Wildman–Crippen MR) is 111 cm³/mol. The number of ether oxygens (including phenoxy) is 2. The Morgan fingerprint density at radius 3 is 2.87 bits per heavy atom. The number of aromatic nitrogens is 2. The van der Waals surface area contributed by atoms with Crippen LogP contribution in [0, 0.1) is 0 Å². The van der Waals surface area contributed by atoms with Crippen molar-refractivity contribution in [2.75, 3.05) is 19.0 Å². The number of amides is 2. The van der Waals surface area contributed by atoms with Crippen molar-refractivity contribution in [3.63, 3.8) is 0 Å². The van der Waals surface area contributed by atoms with E-state index in [-0.39, 0.29) is 24.9 Å². The van der Waals surface area contributed by atoms with Crippen molar-refractivity contribution in [2.24, 2.45) is 5.73 Å².